The second-order valence-corrected chi connectivity index (χ2v) is 8.52. The number of anilines is 1. The van der Waals surface area contributed by atoms with Gasteiger partial charge in [0, 0.05) is 43.5 Å². The van der Waals surface area contributed by atoms with Crippen LogP contribution in [0.3, 0.4) is 0 Å². The number of rotatable bonds is 7. The summed E-state index contributed by atoms with van der Waals surface area (Å²) in [6.45, 7) is 2.76. The molecule has 2 heterocycles. The number of benzene rings is 2. The molecule has 1 aromatic heterocycles. The molecule has 1 saturated heterocycles. The third-order valence-corrected chi connectivity index (χ3v) is 6.42. The summed E-state index contributed by atoms with van der Waals surface area (Å²) in [5, 5.41) is 6.32. The Kier molecular flexibility index (Phi) is 6.57. The van der Waals surface area contributed by atoms with Crippen molar-refractivity contribution in [1.29, 1.82) is 0 Å². The fourth-order valence-corrected chi connectivity index (χ4v) is 4.77. The first-order valence-corrected chi connectivity index (χ1v) is 11.2. The van der Waals surface area contributed by atoms with Crippen LogP contribution in [0.1, 0.15) is 36.3 Å². The van der Waals surface area contributed by atoms with Crippen molar-refractivity contribution in [1.82, 2.24) is 10.3 Å². The lowest BCUT2D eigenvalue weighted by molar-refractivity contribution is -0.121. The third-order valence-electron chi connectivity index (χ3n) is 5.59. The summed E-state index contributed by atoms with van der Waals surface area (Å²) in [7, 11) is 0. The summed E-state index contributed by atoms with van der Waals surface area (Å²) in [5.74, 6) is 0.674. The van der Waals surface area contributed by atoms with Crippen LogP contribution in [0.2, 0.25) is 0 Å². The summed E-state index contributed by atoms with van der Waals surface area (Å²) in [5.41, 5.74) is 2.36. The molecule has 1 unspecified atom stereocenters. The zero-order valence-corrected chi connectivity index (χ0v) is 17.4. The maximum absolute atomic E-state index is 12.8. The van der Waals surface area contributed by atoms with Gasteiger partial charge < -0.3 is 10.2 Å². The van der Waals surface area contributed by atoms with Crippen LogP contribution in [0.4, 0.5) is 5.13 Å². The molecule has 0 saturated carbocycles. The molecule has 4 nitrogen and oxygen atoms in total. The molecule has 0 bridgehead atoms. The number of aromatic nitrogens is 1. The van der Waals surface area contributed by atoms with Crippen molar-refractivity contribution in [3.8, 4) is 0 Å². The Balaban J connectivity index is 1.36. The van der Waals surface area contributed by atoms with Crippen LogP contribution < -0.4 is 10.2 Å². The molecule has 4 rings (SSSR count). The van der Waals surface area contributed by atoms with Gasteiger partial charge in [0.25, 0.3) is 0 Å². The van der Waals surface area contributed by atoms with E-state index in [0.29, 0.717) is 12.3 Å². The fourth-order valence-electron chi connectivity index (χ4n) is 4.09. The van der Waals surface area contributed by atoms with Gasteiger partial charge in [-0.15, -0.1) is 11.3 Å². The van der Waals surface area contributed by atoms with Gasteiger partial charge in [0.05, 0.1) is 0 Å². The number of amides is 1. The standard InChI is InChI=1S/C24H27N3OS/c28-23(26-17-19-8-7-14-27(18-19)24-25-13-15-29-24)16-22(20-9-3-1-4-10-20)21-11-5-2-6-12-21/h1-6,9-13,15,19,22H,7-8,14,16-18H2,(H,26,28). The zero-order valence-electron chi connectivity index (χ0n) is 16.5. The van der Waals surface area contributed by atoms with Crippen molar-refractivity contribution in [3.05, 3.63) is 83.4 Å². The lowest BCUT2D eigenvalue weighted by Crippen LogP contribution is -2.41. The van der Waals surface area contributed by atoms with Crippen molar-refractivity contribution in [2.75, 3.05) is 24.5 Å². The number of nitrogens with zero attached hydrogens (tertiary/aromatic N) is 2. The zero-order chi connectivity index (χ0) is 19.9. The Bertz CT molecular complexity index is 844. The Morgan fingerprint density at radius 1 is 1.10 bits per heavy atom. The molecule has 2 aromatic carbocycles. The first-order chi connectivity index (χ1) is 14.3. The number of carbonyl (C=O) groups excluding carboxylic acids is 1. The highest BCUT2D eigenvalue weighted by molar-refractivity contribution is 7.13. The van der Waals surface area contributed by atoms with Gasteiger partial charge in [0.15, 0.2) is 5.13 Å². The van der Waals surface area contributed by atoms with E-state index in [4.69, 9.17) is 0 Å². The van der Waals surface area contributed by atoms with Gasteiger partial charge in [-0.25, -0.2) is 4.98 Å². The number of hydrogen-bond donors (Lipinski definition) is 1. The molecule has 1 aliphatic rings. The lowest BCUT2D eigenvalue weighted by atomic mass is 9.88. The first-order valence-electron chi connectivity index (χ1n) is 10.3. The smallest absolute Gasteiger partial charge is 0.220 e. The molecule has 0 aliphatic carbocycles. The van der Waals surface area contributed by atoms with Gasteiger partial charge >= 0.3 is 0 Å². The minimum absolute atomic E-state index is 0.0792. The van der Waals surface area contributed by atoms with Gasteiger partial charge in [0.1, 0.15) is 0 Å². The van der Waals surface area contributed by atoms with Crippen LogP contribution in [-0.4, -0.2) is 30.5 Å². The van der Waals surface area contributed by atoms with E-state index in [0.717, 1.165) is 37.6 Å². The van der Waals surface area contributed by atoms with E-state index in [1.165, 1.54) is 11.1 Å². The molecular weight excluding hydrogens is 378 g/mol. The van der Waals surface area contributed by atoms with E-state index in [-0.39, 0.29) is 11.8 Å². The van der Waals surface area contributed by atoms with E-state index in [1.54, 1.807) is 11.3 Å². The third kappa shape index (κ3) is 5.24. The van der Waals surface area contributed by atoms with Crippen molar-refractivity contribution in [2.24, 2.45) is 5.92 Å². The van der Waals surface area contributed by atoms with Crippen LogP contribution >= 0.6 is 11.3 Å². The summed E-state index contributed by atoms with van der Waals surface area (Å²) in [6, 6.07) is 20.6. The van der Waals surface area contributed by atoms with Gasteiger partial charge in [-0.05, 0) is 29.9 Å². The van der Waals surface area contributed by atoms with E-state index in [1.807, 2.05) is 48.0 Å². The second kappa shape index (κ2) is 9.70. The van der Waals surface area contributed by atoms with Crippen LogP contribution in [0.25, 0.3) is 0 Å². The monoisotopic (exact) mass is 405 g/mol. The first kappa shape index (κ1) is 19.6. The van der Waals surface area contributed by atoms with Gasteiger partial charge in [0.2, 0.25) is 5.91 Å². The van der Waals surface area contributed by atoms with Crippen LogP contribution in [0.5, 0.6) is 0 Å². The van der Waals surface area contributed by atoms with Crippen molar-refractivity contribution >= 4 is 22.4 Å². The van der Waals surface area contributed by atoms with E-state index >= 15 is 0 Å². The number of carbonyl (C=O) groups is 1. The number of hydrogen-bond acceptors (Lipinski definition) is 4. The molecule has 150 valence electrons. The van der Waals surface area contributed by atoms with Crippen LogP contribution in [0, 0.1) is 5.92 Å². The van der Waals surface area contributed by atoms with Gasteiger partial charge in [-0.1, -0.05) is 60.7 Å². The molecule has 1 fully saturated rings. The Morgan fingerprint density at radius 3 is 2.41 bits per heavy atom. The van der Waals surface area contributed by atoms with Crippen molar-refractivity contribution in [2.45, 2.75) is 25.2 Å². The predicted octanol–water partition coefficient (Wildman–Crippen LogP) is 4.70. The minimum atomic E-state index is 0.0792. The highest BCUT2D eigenvalue weighted by Crippen LogP contribution is 2.28. The molecule has 1 amide bonds. The number of piperidine rings is 1. The molecule has 5 heteroatoms. The summed E-state index contributed by atoms with van der Waals surface area (Å²) in [6.07, 6.45) is 4.63. The average molecular weight is 406 g/mol. The highest BCUT2D eigenvalue weighted by atomic mass is 32.1. The van der Waals surface area contributed by atoms with Crippen LogP contribution in [-0.2, 0) is 4.79 Å². The SMILES string of the molecule is O=C(CC(c1ccccc1)c1ccccc1)NCC1CCCN(c2nccs2)C1. The molecule has 0 radical (unpaired) electrons. The van der Waals surface area contributed by atoms with E-state index in [9.17, 15) is 4.79 Å². The van der Waals surface area contributed by atoms with Crippen molar-refractivity contribution in [3.63, 3.8) is 0 Å². The molecular formula is C24H27N3OS. The number of nitrogens with one attached hydrogen (secondary N) is 1. The van der Waals surface area contributed by atoms with E-state index < -0.39 is 0 Å². The van der Waals surface area contributed by atoms with E-state index in [2.05, 4.69) is 39.5 Å². The molecule has 1 aliphatic heterocycles. The van der Waals surface area contributed by atoms with Crippen LogP contribution in [0.15, 0.2) is 72.2 Å². The topological polar surface area (TPSA) is 45.2 Å². The Morgan fingerprint density at radius 2 is 1.79 bits per heavy atom. The second-order valence-electron chi connectivity index (χ2n) is 7.65. The average Bonchev–Trinajstić information content (AvgIpc) is 3.33. The Labute approximate surface area is 176 Å². The molecule has 29 heavy (non-hydrogen) atoms. The number of thiazole rings is 1. The summed E-state index contributed by atoms with van der Waals surface area (Å²) >= 11 is 1.69. The maximum atomic E-state index is 12.8. The molecule has 1 N–H and O–H groups in total. The van der Waals surface area contributed by atoms with Crippen molar-refractivity contribution < 1.29 is 4.79 Å². The largest absolute Gasteiger partial charge is 0.356 e. The summed E-state index contributed by atoms with van der Waals surface area (Å²) < 4.78 is 0. The predicted molar refractivity (Wildman–Crippen MR) is 119 cm³/mol. The summed E-state index contributed by atoms with van der Waals surface area (Å²) in [4.78, 5) is 19.6. The lowest BCUT2D eigenvalue weighted by Gasteiger charge is -2.32. The highest BCUT2D eigenvalue weighted by Gasteiger charge is 2.23. The maximum Gasteiger partial charge on any atom is 0.220 e. The van der Waals surface area contributed by atoms with Gasteiger partial charge in [-0.2, -0.15) is 0 Å². The molecule has 1 atom stereocenters. The normalized spacial score (nSPS) is 16.7. The fraction of sp³-hybridized carbons (Fsp3) is 0.333. The molecule has 0 spiro atoms. The minimum Gasteiger partial charge on any atom is -0.356 e. The Hall–Kier alpha value is -2.66. The quantitative estimate of drug-likeness (QED) is 0.620. The molecule has 3 aromatic rings. The van der Waals surface area contributed by atoms with Gasteiger partial charge in [-0.3, -0.25) is 4.79 Å².